The van der Waals surface area contributed by atoms with Crippen LogP contribution in [0.15, 0.2) is 43.0 Å². The standard InChI is InChI=1S/C21H16ClF2N5O3S/c1-2-5-33(31,32)29-15-4-3-14(23)18(19(15)24)20(30)13-8-28-21-12(13)6-11(7-27-21)16-9-26-17(22)10-25-16/h3-4,6-10,29H,2,5H2,1H3,(H,27,28). The van der Waals surface area contributed by atoms with Crippen molar-refractivity contribution in [2.75, 3.05) is 10.5 Å². The quantitative estimate of drug-likeness (QED) is 0.371. The second-order valence-electron chi connectivity index (χ2n) is 7.08. The molecule has 4 aromatic rings. The van der Waals surface area contributed by atoms with Crippen LogP contribution in [0.1, 0.15) is 29.3 Å². The van der Waals surface area contributed by atoms with Gasteiger partial charge >= 0.3 is 0 Å². The maximum atomic E-state index is 15.1. The van der Waals surface area contributed by atoms with Gasteiger partial charge in [0.25, 0.3) is 0 Å². The third-order valence-electron chi connectivity index (χ3n) is 4.75. The molecule has 12 heteroatoms. The third kappa shape index (κ3) is 4.55. The zero-order valence-electron chi connectivity index (χ0n) is 17.1. The number of fused-ring (bicyclic) bond motifs is 1. The maximum absolute atomic E-state index is 15.1. The Morgan fingerprint density at radius 1 is 1.15 bits per heavy atom. The van der Waals surface area contributed by atoms with Gasteiger partial charge in [0.2, 0.25) is 15.8 Å². The smallest absolute Gasteiger partial charge is 0.232 e. The number of anilines is 1. The largest absolute Gasteiger partial charge is 0.345 e. The van der Waals surface area contributed by atoms with Crippen LogP contribution in [-0.2, 0) is 10.0 Å². The van der Waals surface area contributed by atoms with E-state index in [0.717, 1.165) is 12.1 Å². The number of sulfonamides is 1. The molecule has 3 aromatic heterocycles. The molecule has 0 aliphatic rings. The predicted molar refractivity (Wildman–Crippen MR) is 120 cm³/mol. The minimum atomic E-state index is -3.85. The number of carbonyl (C=O) groups is 1. The van der Waals surface area contributed by atoms with E-state index in [2.05, 4.69) is 24.7 Å². The van der Waals surface area contributed by atoms with Gasteiger partial charge < -0.3 is 4.98 Å². The van der Waals surface area contributed by atoms with Crippen LogP contribution >= 0.6 is 11.6 Å². The first kappa shape index (κ1) is 22.7. The van der Waals surface area contributed by atoms with E-state index in [4.69, 9.17) is 11.6 Å². The van der Waals surface area contributed by atoms with E-state index in [0.29, 0.717) is 28.7 Å². The Balaban J connectivity index is 1.78. The lowest BCUT2D eigenvalue weighted by molar-refractivity contribution is 0.103. The second kappa shape index (κ2) is 8.83. The molecule has 0 amide bonds. The molecular weight excluding hydrogens is 476 g/mol. The monoisotopic (exact) mass is 491 g/mol. The summed E-state index contributed by atoms with van der Waals surface area (Å²) in [5.41, 5.74) is -0.203. The average Bonchev–Trinajstić information content (AvgIpc) is 3.19. The van der Waals surface area contributed by atoms with Gasteiger partial charge in [0, 0.05) is 28.9 Å². The highest BCUT2D eigenvalue weighted by Crippen LogP contribution is 2.29. The van der Waals surface area contributed by atoms with Gasteiger partial charge in [-0.25, -0.2) is 27.2 Å². The van der Waals surface area contributed by atoms with E-state index in [1.165, 1.54) is 24.8 Å². The molecule has 0 spiro atoms. The predicted octanol–water partition coefficient (Wildman–Crippen LogP) is 4.33. The van der Waals surface area contributed by atoms with Crippen molar-refractivity contribution in [1.29, 1.82) is 0 Å². The first-order valence-electron chi connectivity index (χ1n) is 9.68. The molecule has 3 heterocycles. The van der Waals surface area contributed by atoms with Gasteiger partial charge in [0.15, 0.2) is 5.82 Å². The molecule has 0 saturated heterocycles. The molecule has 1 aromatic carbocycles. The normalized spacial score (nSPS) is 11.6. The van der Waals surface area contributed by atoms with E-state index in [1.54, 1.807) is 13.0 Å². The highest BCUT2D eigenvalue weighted by molar-refractivity contribution is 7.92. The third-order valence-corrected chi connectivity index (χ3v) is 6.42. The molecule has 0 unspecified atom stereocenters. The Hall–Kier alpha value is -3.44. The van der Waals surface area contributed by atoms with Crippen LogP contribution in [-0.4, -0.2) is 39.9 Å². The maximum Gasteiger partial charge on any atom is 0.232 e. The lowest BCUT2D eigenvalue weighted by Gasteiger charge is -2.11. The van der Waals surface area contributed by atoms with Gasteiger partial charge in [-0.05, 0) is 24.6 Å². The number of H-pyrrole nitrogens is 1. The Morgan fingerprint density at radius 3 is 2.64 bits per heavy atom. The molecule has 0 atom stereocenters. The SMILES string of the molecule is CCCS(=O)(=O)Nc1ccc(F)c(C(=O)c2c[nH]c3ncc(-c4cnc(Cl)cn4)cc23)c1F. The lowest BCUT2D eigenvalue weighted by Crippen LogP contribution is -2.18. The summed E-state index contributed by atoms with van der Waals surface area (Å²) in [5, 5.41) is 0.496. The average molecular weight is 492 g/mol. The zero-order valence-corrected chi connectivity index (χ0v) is 18.6. The number of aromatic nitrogens is 4. The number of rotatable bonds is 7. The van der Waals surface area contributed by atoms with Gasteiger partial charge in [-0.2, -0.15) is 0 Å². The van der Waals surface area contributed by atoms with Crippen molar-refractivity contribution in [1.82, 2.24) is 19.9 Å². The fourth-order valence-electron chi connectivity index (χ4n) is 3.25. The number of carbonyl (C=O) groups excluding carboxylic acids is 1. The van der Waals surface area contributed by atoms with Crippen LogP contribution in [0.25, 0.3) is 22.3 Å². The Morgan fingerprint density at radius 2 is 1.94 bits per heavy atom. The highest BCUT2D eigenvalue weighted by atomic mass is 35.5. The number of hydrogen-bond donors (Lipinski definition) is 2. The van der Waals surface area contributed by atoms with Crippen LogP contribution in [0.5, 0.6) is 0 Å². The lowest BCUT2D eigenvalue weighted by atomic mass is 10.0. The zero-order chi connectivity index (χ0) is 23.8. The Bertz CT molecular complexity index is 1470. The molecule has 2 N–H and O–H groups in total. The van der Waals surface area contributed by atoms with Crippen LogP contribution in [0, 0.1) is 11.6 Å². The van der Waals surface area contributed by atoms with Crippen molar-refractivity contribution < 1.29 is 22.0 Å². The summed E-state index contributed by atoms with van der Waals surface area (Å²) >= 11 is 5.76. The van der Waals surface area contributed by atoms with Crippen LogP contribution in [0.3, 0.4) is 0 Å². The highest BCUT2D eigenvalue weighted by Gasteiger charge is 2.26. The number of nitrogens with zero attached hydrogens (tertiary/aromatic N) is 3. The van der Waals surface area contributed by atoms with Gasteiger partial charge in [-0.1, -0.05) is 18.5 Å². The van der Waals surface area contributed by atoms with Crippen LogP contribution in [0.2, 0.25) is 5.15 Å². The van der Waals surface area contributed by atoms with Crippen molar-refractivity contribution in [3.05, 3.63) is 70.9 Å². The molecule has 0 aliphatic heterocycles. The molecule has 170 valence electrons. The molecule has 0 saturated carbocycles. The van der Waals surface area contributed by atoms with Crippen molar-refractivity contribution in [3.8, 4) is 11.3 Å². The summed E-state index contributed by atoms with van der Waals surface area (Å²) < 4.78 is 55.7. The number of nitrogens with one attached hydrogen (secondary N) is 2. The fraction of sp³-hybridized carbons (Fsp3) is 0.143. The van der Waals surface area contributed by atoms with Gasteiger partial charge in [-0.3, -0.25) is 14.5 Å². The van der Waals surface area contributed by atoms with Gasteiger partial charge in [0.05, 0.1) is 35.1 Å². The number of aromatic amines is 1. The number of benzene rings is 1. The minimum Gasteiger partial charge on any atom is -0.345 e. The topological polar surface area (TPSA) is 118 Å². The Kier molecular flexibility index (Phi) is 6.09. The Labute approximate surface area is 192 Å². The van der Waals surface area contributed by atoms with Crippen LogP contribution < -0.4 is 4.72 Å². The summed E-state index contributed by atoms with van der Waals surface area (Å²) in [6.07, 6.45) is 5.84. The molecule has 8 nitrogen and oxygen atoms in total. The van der Waals surface area contributed by atoms with E-state index in [1.807, 2.05) is 0 Å². The second-order valence-corrected chi connectivity index (χ2v) is 9.31. The van der Waals surface area contributed by atoms with Gasteiger partial charge in [-0.15, -0.1) is 0 Å². The van der Waals surface area contributed by atoms with Crippen LogP contribution in [0.4, 0.5) is 14.5 Å². The first-order chi connectivity index (χ1) is 15.7. The fourth-order valence-corrected chi connectivity index (χ4v) is 4.48. The summed E-state index contributed by atoms with van der Waals surface area (Å²) in [6, 6.07) is 3.35. The van der Waals surface area contributed by atoms with Gasteiger partial charge in [0.1, 0.15) is 16.6 Å². The van der Waals surface area contributed by atoms with Crippen molar-refractivity contribution in [2.45, 2.75) is 13.3 Å². The molecule has 33 heavy (non-hydrogen) atoms. The van der Waals surface area contributed by atoms with Crippen molar-refractivity contribution in [2.24, 2.45) is 0 Å². The minimum absolute atomic E-state index is 0.0485. The number of hydrogen-bond acceptors (Lipinski definition) is 6. The van der Waals surface area contributed by atoms with Crippen molar-refractivity contribution >= 4 is 44.1 Å². The van der Waals surface area contributed by atoms with Crippen molar-refractivity contribution in [3.63, 3.8) is 0 Å². The van der Waals surface area contributed by atoms with E-state index in [-0.39, 0.29) is 16.5 Å². The van der Waals surface area contributed by atoms with E-state index in [9.17, 15) is 17.6 Å². The summed E-state index contributed by atoms with van der Waals surface area (Å²) in [6.45, 7) is 1.64. The molecule has 4 rings (SSSR count). The first-order valence-corrected chi connectivity index (χ1v) is 11.7. The number of halogens is 3. The summed E-state index contributed by atoms with van der Waals surface area (Å²) in [5.74, 6) is -3.66. The number of ketones is 1. The molecule has 0 radical (unpaired) electrons. The molecule has 0 bridgehead atoms. The number of pyridine rings is 1. The summed E-state index contributed by atoms with van der Waals surface area (Å²) in [7, 11) is -3.85. The molecule has 0 fully saturated rings. The molecular formula is C21H16ClF2N5O3S. The summed E-state index contributed by atoms with van der Waals surface area (Å²) in [4.78, 5) is 28.3. The van der Waals surface area contributed by atoms with E-state index < -0.39 is 38.7 Å². The molecule has 0 aliphatic carbocycles. The van der Waals surface area contributed by atoms with E-state index >= 15 is 4.39 Å².